The third-order valence-electron chi connectivity index (χ3n) is 11.8. The lowest BCUT2D eigenvalue weighted by atomic mass is 9.42. The SMILES string of the molecule is CC1=C(C)C(C)(C)C(C)(C)C(C)(C)C1.CC1=CC(C)(C)C(C)(C)C(C)(C)C1(C)C.II. The first-order valence-electron chi connectivity index (χ1n) is 11.9. The van der Waals surface area contributed by atoms with Gasteiger partial charge in [-0.3, -0.25) is 0 Å². The fourth-order valence-corrected chi connectivity index (χ4v) is 5.85. The van der Waals surface area contributed by atoms with Gasteiger partial charge in [-0.2, -0.15) is 0 Å². The van der Waals surface area contributed by atoms with Crippen molar-refractivity contribution in [2.45, 2.75) is 124 Å². The van der Waals surface area contributed by atoms with Crippen LogP contribution in [0.3, 0.4) is 0 Å². The van der Waals surface area contributed by atoms with Gasteiger partial charge in [0, 0.05) is 37.2 Å². The van der Waals surface area contributed by atoms with Crippen LogP contribution in [0.4, 0.5) is 0 Å². The molecule has 184 valence electrons. The first-order chi connectivity index (χ1) is 13.4. The van der Waals surface area contributed by atoms with Crippen molar-refractivity contribution in [1.29, 1.82) is 0 Å². The zero-order valence-electron chi connectivity index (χ0n) is 24.0. The van der Waals surface area contributed by atoms with E-state index in [1.54, 1.807) is 11.1 Å². The molecule has 0 amide bonds. The van der Waals surface area contributed by atoms with Gasteiger partial charge in [0.05, 0.1) is 0 Å². The van der Waals surface area contributed by atoms with Crippen molar-refractivity contribution >= 4 is 37.2 Å². The predicted octanol–water partition coefficient (Wildman–Crippen LogP) is 11.6. The van der Waals surface area contributed by atoms with Gasteiger partial charge in [-0.15, -0.1) is 0 Å². The maximum absolute atomic E-state index is 2.48. The van der Waals surface area contributed by atoms with Crippen LogP contribution in [-0.4, -0.2) is 0 Å². The monoisotopic (exact) mass is 656 g/mol. The average Bonchev–Trinajstić information content (AvgIpc) is 2.59. The predicted molar refractivity (Wildman–Crippen MR) is 161 cm³/mol. The van der Waals surface area contributed by atoms with Crippen LogP contribution in [-0.2, 0) is 0 Å². The van der Waals surface area contributed by atoms with Crippen LogP contribution in [0.25, 0.3) is 0 Å². The van der Waals surface area contributed by atoms with Crippen LogP contribution in [0, 0.1) is 37.9 Å². The summed E-state index contributed by atoms with van der Waals surface area (Å²) < 4.78 is 0. The molecule has 2 rings (SSSR count). The van der Waals surface area contributed by atoms with Gasteiger partial charge in [-0.25, -0.2) is 0 Å². The maximum Gasteiger partial charge on any atom is 0 e. The molecule has 31 heavy (non-hydrogen) atoms. The van der Waals surface area contributed by atoms with Gasteiger partial charge in [-0.1, -0.05) is 120 Å². The Labute approximate surface area is 220 Å². The van der Waals surface area contributed by atoms with Gasteiger partial charge in [0.25, 0.3) is 0 Å². The summed E-state index contributed by atoms with van der Waals surface area (Å²) in [6.45, 7) is 40.5. The molecule has 0 heterocycles. The number of allylic oxidation sites excluding steroid dienone is 4. The molecule has 0 aromatic heterocycles. The van der Waals surface area contributed by atoms with Gasteiger partial charge >= 0.3 is 0 Å². The van der Waals surface area contributed by atoms with Crippen LogP contribution >= 0.6 is 37.2 Å². The van der Waals surface area contributed by atoms with E-state index in [-0.39, 0.29) is 10.8 Å². The Morgan fingerprint density at radius 3 is 1.35 bits per heavy atom. The summed E-state index contributed by atoms with van der Waals surface area (Å²) in [7, 11) is 0. The third kappa shape index (κ3) is 5.01. The van der Waals surface area contributed by atoms with E-state index in [1.165, 1.54) is 12.0 Å². The third-order valence-corrected chi connectivity index (χ3v) is 11.8. The van der Waals surface area contributed by atoms with Crippen LogP contribution in [0.1, 0.15) is 124 Å². The van der Waals surface area contributed by atoms with E-state index in [0.717, 1.165) is 0 Å². The first-order valence-corrected chi connectivity index (χ1v) is 18.2. The van der Waals surface area contributed by atoms with Gasteiger partial charge in [0.2, 0.25) is 0 Å². The van der Waals surface area contributed by atoms with E-state index in [4.69, 9.17) is 0 Å². The second-order valence-electron chi connectivity index (χ2n) is 14.1. The molecule has 2 aliphatic carbocycles. The summed E-state index contributed by atoms with van der Waals surface area (Å²) in [4.78, 5) is 0. The Morgan fingerprint density at radius 2 is 0.968 bits per heavy atom. The lowest BCUT2D eigenvalue weighted by molar-refractivity contribution is -0.0753. The summed E-state index contributed by atoms with van der Waals surface area (Å²) in [6, 6.07) is 0. The molecule has 2 heteroatoms. The van der Waals surface area contributed by atoms with Gasteiger partial charge in [0.1, 0.15) is 0 Å². The molecule has 0 saturated carbocycles. The van der Waals surface area contributed by atoms with E-state index in [1.807, 2.05) is 0 Å². The Hall–Kier alpha value is 0.940. The molecule has 0 atom stereocenters. The second-order valence-corrected chi connectivity index (χ2v) is 14.1. The molecule has 0 nitrogen and oxygen atoms in total. The lowest BCUT2D eigenvalue weighted by Gasteiger charge is -2.62. The highest BCUT2D eigenvalue weighted by Crippen LogP contribution is 2.65. The second kappa shape index (κ2) is 9.53. The van der Waals surface area contributed by atoms with Crippen LogP contribution < -0.4 is 0 Å². The van der Waals surface area contributed by atoms with Gasteiger partial charge in [0.15, 0.2) is 0 Å². The minimum absolute atomic E-state index is 0.274. The molecular weight excluding hydrogens is 602 g/mol. The molecule has 0 fully saturated rings. The smallest absolute Gasteiger partial charge is 0 e. The Morgan fingerprint density at radius 1 is 0.581 bits per heavy atom. The molecule has 0 unspecified atom stereocenters. The molecule has 0 saturated heterocycles. The minimum Gasteiger partial charge on any atom is -0.0788 e. The number of halogens is 2. The molecule has 0 radical (unpaired) electrons. The summed E-state index contributed by atoms with van der Waals surface area (Å²) >= 11 is 4.24. The Kier molecular flexibility index (Phi) is 9.82. The lowest BCUT2D eigenvalue weighted by Crippen LogP contribution is -2.54. The normalized spacial score (nSPS) is 28.3. The summed E-state index contributed by atoms with van der Waals surface area (Å²) in [5, 5.41) is 0. The highest BCUT2D eigenvalue weighted by molar-refractivity contribution is 15.0. The highest BCUT2D eigenvalue weighted by atomic mass is 128. The topological polar surface area (TPSA) is 0 Å². The van der Waals surface area contributed by atoms with Crippen molar-refractivity contribution in [2.24, 2.45) is 37.9 Å². The number of rotatable bonds is 0. The molecule has 0 aliphatic heterocycles. The molecule has 0 N–H and O–H groups in total. The molecule has 0 bridgehead atoms. The standard InChI is InChI=1S/C15H28.C14H26.I2/c1-11-10-12(2,3)14(6,7)15(8,9)13(11,4)5;1-10-9-12(3,4)14(7,8)13(5,6)11(10)2;1-2/h10H,1-9H3;9H2,1-8H3;. The van der Waals surface area contributed by atoms with Crippen molar-refractivity contribution in [3.05, 3.63) is 22.8 Å². The average molecular weight is 657 g/mol. The van der Waals surface area contributed by atoms with Gasteiger partial charge in [-0.05, 0) is 65.1 Å². The van der Waals surface area contributed by atoms with Gasteiger partial charge < -0.3 is 0 Å². The minimum atomic E-state index is 0.274. The van der Waals surface area contributed by atoms with Crippen LogP contribution in [0.15, 0.2) is 22.8 Å². The van der Waals surface area contributed by atoms with Crippen molar-refractivity contribution in [3.8, 4) is 0 Å². The fourth-order valence-electron chi connectivity index (χ4n) is 5.85. The van der Waals surface area contributed by atoms with E-state index in [2.05, 4.69) is 161 Å². The van der Waals surface area contributed by atoms with Crippen LogP contribution in [0.5, 0.6) is 0 Å². The summed E-state index contributed by atoms with van der Waals surface area (Å²) in [6.07, 6.45) is 3.73. The largest absolute Gasteiger partial charge is 0.0788 e. The first kappa shape index (κ1) is 31.9. The quantitative estimate of drug-likeness (QED) is 0.180. The zero-order chi connectivity index (χ0) is 25.6. The van der Waals surface area contributed by atoms with Crippen molar-refractivity contribution in [2.75, 3.05) is 0 Å². The molecule has 0 aromatic rings. The zero-order valence-corrected chi connectivity index (χ0v) is 28.4. The van der Waals surface area contributed by atoms with E-state index in [0.29, 0.717) is 27.1 Å². The van der Waals surface area contributed by atoms with Crippen molar-refractivity contribution in [3.63, 3.8) is 0 Å². The molecule has 0 aromatic carbocycles. The molecular formula is C29H54I2. The van der Waals surface area contributed by atoms with Crippen LogP contribution in [0.2, 0.25) is 0 Å². The number of hydrogen-bond acceptors (Lipinski definition) is 0. The van der Waals surface area contributed by atoms with E-state index in [9.17, 15) is 0 Å². The maximum atomic E-state index is 2.48. The van der Waals surface area contributed by atoms with E-state index < -0.39 is 0 Å². The fraction of sp³-hybridized carbons (Fsp3) is 0.862. The summed E-state index contributed by atoms with van der Waals surface area (Å²) in [5.74, 6) is 0. The van der Waals surface area contributed by atoms with Crippen molar-refractivity contribution < 1.29 is 0 Å². The van der Waals surface area contributed by atoms with E-state index >= 15 is 0 Å². The Bertz CT molecular complexity index is 707. The molecule has 2 aliphatic rings. The summed E-state index contributed by atoms with van der Waals surface area (Å²) in [5.41, 5.74) is 6.99. The van der Waals surface area contributed by atoms with Crippen molar-refractivity contribution in [1.82, 2.24) is 0 Å². The highest BCUT2D eigenvalue weighted by Gasteiger charge is 2.57. The number of hydrogen-bond donors (Lipinski definition) is 0. The molecule has 0 spiro atoms. The Balaban J connectivity index is 0.000000539.